The van der Waals surface area contributed by atoms with E-state index in [4.69, 9.17) is 4.43 Å². The predicted molar refractivity (Wildman–Crippen MR) is 168 cm³/mol. The molecule has 5 heteroatoms. The van der Waals surface area contributed by atoms with E-state index in [0.717, 1.165) is 44.9 Å². The third kappa shape index (κ3) is 5.14. The minimum Gasteiger partial charge on any atom is -0.414 e. The molecule has 0 aliphatic heterocycles. The lowest BCUT2D eigenvalue weighted by atomic mass is 9.36. The van der Waals surface area contributed by atoms with Gasteiger partial charge in [-0.05, 0) is 135 Å². The molecule has 0 heterocycles. The monoisotopic (exact) mass is 576 g/mol. The molecule has 3 N–H and O–H groups in total. The maximum atomic E-state index is 12.1. The van der Waals surface area contributed by atoms with E-state index in [9.17, 15) is 15.3 Å². The third-order valence-corrected chi connectivity index (χ3v) is 18.6. The highest BCUT2D eigenvalue weighted by atomic mass is 28.4. The van der Waals surface area contributed by atoms with Crippen LogP contribution in [-0.2, 0) is 4.43 Å². The van der Waals surface area contributed by atoms with Gasteiger partial charge < -0.3 is 19.7 Å². The first-order chi connectivity index (χ1) is 18.3. The summed E-state index contributed by atoms with van der Waals surface area (Å²) in [4.78, 5) is 0. The van der Waals surface area contributed by atoms with E-state index in [1.54, 1.807) is 0 Å². The Labute approximate surface area is 247 Å². The summed E-state index contributed by atoms with van der Waals surface area (Å²) in [6.45, 7) is 26.0. The van der Waals surface area contributed by atoms with Crippen molar-refractivity contribution in [2.45, 2.75) is 150 Å². The SMILES string of the molecule is CC(C)=CCC[C@H](CO)[C@@H]1C2C[C@@H](O)[C@H]3[C@@]4(C)CC[C@@H](O[Si](C)(C)C(C)(C)C)[C@@H](C)C4CC[C@]3(C)[C@@]2(C)C[C@@H]1O. The number of aliphatic hydroxyl groups excluding tert-OH is 3. The van der Waals surface area contributed by atoms with E-state index in [1.165, 1.54) is 12.0 Å². The van der Waals surface area contributed by atoms with E-state index in [2.05, 4.69) is 81.5 Å². The predicted octanol–water partition coefficient (Wildman–Crippen LogP) is 7.97. The van der Waals surface area contributed by atoms with Crippen molar-refractivity contribution in [2.75, 3.05) is 6.61 Å². The van der Waals surface area contributed by atoms with Crippen LogP contribution in [0, 0.1) is 51.8 Å². The summed E-state index contributed by atoms with van der Waals surface area (Å²) in [6.07, 6.45) is 9.72. The first-order valence-corrected chi connectivity index (χ1v) is 19.5. The molecule has 232 valence electrons. The summed E-state index contributed by atoms with van der Waals surface area (Å²) >= 11 is 0. The molecule has 4 aliphatic carbocycles. The van der Waals surface area contributed by atoms with Crippen LogP contribution in [0.2, 0.25) is 18.1 Å². The van der Waals surface area contributed by atoms with Gasteiger partial charge in [0.2, 0.25) is 0 Å². The van der Waals surface area contributed by atoms with Gasteiger partial charge in [0.05, 0.1) is 12.2 Å². The molecule has 4 rings (SSSR count). The lowest BCUT2D eigenvalue weighted by Crippen LogP contribution is -2.66. The highest BCUT2D eigenvalue weighted by Gasteiger charge is 2.71. The molecule has 4 fully saturated rings. The summed E-state index contributed by atoms with van der Waals surface area (Å²) in [5.41, 5.74) is 1.33. The largest absolute Gasteiger partial charge is 0.414 e. The number of aliphatic hydroxyl groups is 3. The molecule has 0 spiro atoms. The number of hydrogen-bond acceptors (Lipinski definition) is 4. The zero-order chi connectivity index (χ0) is 30.1. The van der Waals surface area contributed by atoms with Crippen LogP contribution in [-0.4, -0.2) is 48.6 Å². The first kappa shape index (κ1) is 32.7. The summed E-state index contributed by atoms with van der Waals surface area (Å²) in [5.74, 6) is 1.68. The Morgan fingerprint density at radius 1 is 1.00 bits per heavy atom. The Morgan fingerprint density at radius 3 is 2.23 bits per heavy atom. The molecular weight excluding hydrogens is 512 g/mol. The number of allylic oxidation sites excluding steroid dienone is 2. The van der Waals surface area contributed by atoms with Crippen LogP contribution < -0.4 is 0 Å². The highest BCUT2D eigenvalue weighted by Crippen LogP contribution is 2.74. The van der Waals surface area contributed by atoms with E-state index < -0.39 is 14.4 Å². The fraction of sp³-hybridized carbons (Fsp3) is 0.943. The van der Waals surface area contributed by atoms with Crippen LogP contribution in [0.1, 0.15) is 114 Å². The molecule has 0 aromatic carbocycles. The van der Waals surface area contributed by atoms with Crippen LogP contribution in [0.5, 0.6) is 0 Å². The molecule has 0 saturated heterocycles. The molecule has 4 nitrogen and oxygen atoms in total. The van der Waals surface area contributed by atoms with Gasteiger partial charge in [0.15, 0.2) is 8.32 Å². The molecular formula is C35H64O4Si. The Bertz CT molecular complexity index is 936. The molecule has 40 heavy (non-hydrogen) atoms. The van der Waals surface area contributed by atoms with Crippen LogP contribution in [0.3, 0.4) is 0 Å². The maximum Gasteiger partial charge on any atom is 0.192 e. The van der Waals surface area contributed by atoms with E-state index in [1.807, 2.05) is 0 Å². The van der Waals surface area contributed by atoms with Crippen molar-refractivity contribution in [1.29, 1.82) is 0 Å². The van der Waals surface area contributed by atoms with Crippen LogP contribution in [0.4, 0.5) is 0 Å². The maximum absolute atomic E-state index is 12.1. The van der Waals surface area contributed by atoms with Gasteiger partial charge in [0.25, 0.3) is 0 Å². The van der Waals surface area contributed by atoms with Crippen molar-refractivity contribution in [3.05, 3.63) is 11.6 Å². The van der Waals surface area contributed by atoms with Crippen molar-refractivity contribution in [2.24, 2.45) is 51.8 Å². The molecule has 0 bridgehead atoms. The van der Waals surface area contributed by atoms with E-state index >= 15 is 0 Å². The van der Waals surface area contributed by atoms with Gasteiger partial charge in [-0.15, -0.1) is 0 Å². The smallest absolute Gasteiger partial charge is 0.192 e. The standard InChI is InChI=1S/C35H64O4Si/c1-22(2)13-12-14-24(21-36)30-26-19-27(37)31-33(7)17-16-29(39-40(10,11)32(4,5)6)23(3)25(33)15-18-34(31,8)35(26,9)20-28(30)38/h13,23-31,36-38H,12,14-21H2,1-11H3/t23-,24+,25?,26?,27+,28-,29+,30+,31-,33-,34-,35-/m0/s1. The number of rotatable bonds is 7. The molecule has 0 amide bonds. The molecule has 4 saturated carbocycles. The second-order valence-corrected chi connectivity index (χ2v) is 22.1. The fourth-order valence-electron chi connectivity index (χ4n) is 10.8. The second kappa shape index (κ2) is 11.1. The lowest BCUT2D eigenvalue weighted by molar-refractivity contribution is -0.239. The van der Waals surface area contributed by atoms with Gasteiger partial charge in [-0.3, -0.25) is 0 Å². The average Bonchev–Trinajstić information content (AvgIpc) is 3.08. The second-order valence-electron chi connectivity index (χ2n) is 17.3. The van der Waals surface area contributed by atoms with Crippen LogP contribution in [0.15, 0.2) is 11.6 Å². The van der Waals surface area contributed by atoms with Crippen LogP contribution >= 0.6 is 0 Å². The molecule has 12 atom stereocenters. The summed E-state index contributed by atoms with van der Waals surface area (Å²) in [6, 6.07) is 0. The fourth-order valence-corrected chi connectivity index (χ4v) is 12.3. The number of hydrogen-bond donors (Lipinski definition) is 3. The molecule has 0 radical (unpaired) electrons. The topological polar surface area (TPSA) is 69.9 Å². The van der Waals surface area contributed by atoms with E-state index in [0.29, 0.717) is 17.9 Å². The third-order valence-electron chi connectivity index (χ3n) is 14.1. The lowest BCUT2D eigenvalue weighted by Gasteiger charge is -2.69. The first-order valence-electron chi connectivity index (χ1n) is 16.6. The van der Waals surface area contributed by atoms with Crippen molar-refractivity contribution >= 4 is 8.32 Å². The zero-order valence-corrected chi connectivity index (χ0v) is 28.9. The van der Waals surface area contributed by atoms with Crippen molar-refractivity contribution in [3.8, 4) is 0 Å². The molecule has 2 unspecified atom stereocenters. The van der Waals surface area contributed by atoms with Gasteiger partial charge in [0, 0.05) is 12.7 Å². The summed E-state index contributed by atoms with van der Waals surface area (Å²) in [5, 5.41) is 34.4. The highest BCUT2D eigenvalue weighted by molar-refractivity contribution is 6.74. The van der Waals surface area contributed by atoms with Crippen molar-refractivity contribution in [1.82, 2.24) is 0 Å². The Kier molecular flexibility index (Phi) is 9.04. The molecule has 4 aliphatic rings. The van der Waals surface area contributed by atoms with Gasteiger partial charge in [0.1, 0.15) is 0 Å². The summed E-state index contributed by atoms with van der Waals surface area (Å²) in [7, 11) is -1.85. The number of fused-ring (bicyclic) bond motifs is 5. The van der Waals surface area contributed by atoms with Gasteiger partial charge in [-0.1, -0.05) is 60.1 Å². The minimum absolute atomic E-state index is 0.0247. The van der Waals surface area contributed by atoms with Crippen LogP contribution in [0.25, 0.3) is 0 Å². The van der Waals surface area contributed by atoms with Crippen molar-refractivity contribution in [3.63, 3.8) is 0 Å². The van der Waals surface area contributed by atoms with Gasteiger partial charge >= 0.3 is 0 Å². The Balaban J connectivity index is 1.61. The minimum atomic E-state index is -1.85. The van der Waals surface area contributed by atoms with E-state index in [-0.39, 0.29) is 57.7 Å². The Morgan fingerprint density at radius 2 is 1.65 bits per heavy atom. The normalized spacial score (nSPS) is 46.2. The zero-order valence-electron chi connectivity index (χ0n) is 27.9. The van der Waals surface area contributed by atoms with Crippen molar-refractivity contribution < 1.29 is 19.7 Å². The summed E-state index contributed by atoms with van der Waals surface area (Å²) < 4.78 is 7.06. The van der Waals surface area contributed by atoms with Gasteiger partial charge in [-0.25, -0.2) is 0 Å². The quantitative estimate of drug-likeness (QED) is 0.212. The average molecular weight is 577 g/mol. The molecule has 0 aromatic rings. The molecule has 0 aromatic heterocycles. The van der Waals surface area contributed by atoms with Gasteiger partial charge in [-0.2, -0.15) is 0 Å². The Hall–Kier alpha value is -0.203.